The van der Waals surface area contributed by atoms with E-state index < -0.39 is 94.4 Å². The van der Waals surface area contributed by atoms with E-state index >= 15 is 0 Å². The Hall–Kier alpha value is -5.48. The highest BCUT2D eigenvalue weighted by molar-refractivity contribution is 5.88. The number of hydrogen-bond donors (Lipinski definition) is 9. The van der Waals surface area contributed by atoms with Crippen molar-refractivity contribution in [2.24, 2.45) is 0 Å². The van der Waals surface area contributed by atoms with E-state index in [-0.39, 0.29) is 16.9 Å². The van der Waals surface area contributed by atoms with Gasteiger partial charge in [0.1, 0.15) is 53.5 Å². The smallest absolute Gasteiger partial charge is 0.330 e. The summed E-state index contributed by atoms with van der Waals surface area (Å²) in [6.45, 7) is -0.667. The number of ether oxygens (including phenoxy) is 3. The van der Waals surface area contributed by atoms with Gasteiger partial charge in [0.15, 0.2) is 28.8 Å². The predicted molar refractivity (Wildman–Crippen MR) is 152 cm³/mol. The molecule has 0 spiro atoms. The van der Waals surface area contributed by atoms with Crippen LogP contribution < -0.4 is 10.2 Å². The summed E-state index contributed by atoms with van der Waals surface area (Å²) in [6.07, 6.45) is -6.85. The van der Waals surface area contributed by atoms with Gasteiger partial charge in [-0.05, 0) is 42.0 Å². The molecule has 0 amide bonds. The lowest BCUT2D eigenvalue weighted by Crippen LogP contribution is -2.60. The number of esters is 1. The van der Waals surface area contributed by atoms with Crippen LogP contribution in [0.15, 0.2) is 63.8 Å². The zero-order valence-corrected chi connectivity index (χ0v) is 22.8. The molecule has 15 heteroatoms. The minimum Gasteiger partial charge on any atom is -0.508 e. The van der Waals surface area contributed by atoms with E-state index in [1.807, 2.05) is 0 Å². The summed E-state index contributed by atoms with van der Waals surface area (Å²) in [5.74, 6) is -5.06. The highest BCUT2D eigenvalue weighted by Crippen LogP contribution is 2.39. The summed E-state index contributed by atoms with van der Waals surface area (Å²) < 4.78 is 22.0. The highest BCUT2D eigenvalue weighted by atomic mass is 16.7. The number of hydrogen-bond acceptors (Lipinski definition) is 15. The van der Waals surface area contributed by atoms with Crippen molar-refractivity contribution in [1.29, 1.82) is 0 Å². The zero-order chi connectivity index (χ0) is 32.6. The summed E-state index contributed by atoms with van der Waals surface area (Å²) in [7, 11) is 0. The first-order valence-corrected chi connectivity index (χ1v) is 13.1. The molecule has 5 rings (SSSR count). The Morgan fingerprint density at radius 2 is 1.49 bits per heavy atom. The van der Waals surface area contributed by atoms with Crippen LogP contribution in [0.4, 0.5) is 0 Å². The predicted octanol–water partition coefficient (Wildman–Crippen LogP) is 1.14. The fraction of sp³-hybridized carbons (Fsp3) is 0.200. The Bertz CT molecular complexity index is 1850. The number of benzene rings is 3. The SMILES string of the molecule is O=C(C=Cc1ccc(O)c(O)c1)OC[C@@H]1O[C@H](Oc2c(-c3ccc(O)c(O)c3)oc3cc(O)cc(O)c3c2=O)[C@@H](O)[C@H](O)[C@H]1O. The Morgan fingerprint density at radius 3 is 2.18 bits per heavy atom. The quantitative estimate of drug-likeness (QED) is 0.0791. The molecule has 0 bridgehead atoms. The molecule has 1 aromatic heterocycles. The standard InChI is InChI=1S/C30H26O15/c31-14-9-19(36)23-20(10-14)43-28(13-3-5-16(33)18(35)8-13)29(25(23)39)45-30-27(41)26(40)24(38)21(44-30)11-42-22(37)6-2-12-1-4-15(32)17(34)7-12/h1-10,21,24,26-27,30-36,38,40-41H,11H2/t21-,24-,26+,27-,30+/m0/s1. The Kier molecular flexibility index (Phi) is 8.43. The van der Waals surface area contributed by atoms with Crippen LogP contribution in [0.1, 0.15) is 5.56 Å². The molecule has 4 aromatic rings. The van der Waals surface area contributed by atoms with Gasteiger partial charge in [0.2, 0.25) is 17.5 Å². The third-order valence-electron chi connectivity index (χ3n) is 6.86. The maximum absolute atomic E-state index is 13.6. The first kappa shape index (κ1) is 31.0. The van der Waals surface area contributed by atoms with Crippen LogP contribution in [0.25, 0.3) is 28.4 Å². The topological polar surface area (TPSA) is 257 Å². The van der Waals surface area contributed by atoms with E-state index in [0.29, 0.717) is 5.56 Å². The molecular weight excluding hydrogens is 600 g/mol. The molecule has 15 nitrogen and oxygen atoms in total. The van der Waals surface area contributed by atoms with Crippen LogP contribution in [0.3, 0.4) is 0 Å². The highest BCUT2D eigenvalue weighted by Gasteiger charge is 2.46. The number of rotatable bonds is 7. The minimum absolute atomic E-state index is 0.0350. The van der Waals surface area contributed by atoms with Gasteiger partial charge in [0, 0.05) is 23.8 Å². The molecular formula is C30H26O15. The molecule has 236 valence electrons. The van der Waals surface area contributed by atoms with Gasteiger partial charge in [-0.2, -0.15) is 0 Å². The van der Waals surface area contributed by atoms with E-state index in [4.69, 9.17) is 18.6 Å². The van der Waals surface area contributed by atoms with Gasteiger partial charge in [-0.3, -0.25) is 4.79 Å². The second-order valence-electron chi connectivity index (χ2n) is 9.98. The summed E-state index contributed by atoms with van der Waals surface area (Å²) in [5.41, 5.74) is -1.02. The number of carbonyl (C=O) groups excluding carboxylic acids is 1. The first-order valence-electron chi connectivity index (χ1n) is 13.1. The summed E-state index contributed by atoms with van der Waals surface area (Å²) in [4.78, 5) is 25.8. The van der Waals surface area contributed by atoms with Crippen molar-refractivity contribution in [3.8, 4) is 51.6 Å². The van der Waals surface area contributed by atoms with Crippen molar-refractivity contribution in [3.05, 3.63) is 70.4 Å². The van der Waals surface area contributed by atoms with Crippen molar-refractivity contribution in [2.45, 2.75) is 30.7 Å². The van der Waals surface area contributed by atoms with Crippen LogP contribution in [0, 0.1) is 0 Å². The average molecular weight is 627 g/mol. The summed E-state index contributed by atoms with van der Waals surface area (Å²) in [5, 5.41) is 90.2. The van der Waals surface area contributed by atoms with Crippen molar-refractivity contribution in [1.82, 2.24) is 0 Å². The van der Waals surface area contributed by atoms with Gasteiger partial charge < -0.3 is 64.6 Å². The minimum atomic E-state index is -1.97. The monoisotopic (exact) mass is 626 g/mol. The van der Waals surface area contributed by atoms with Crippen LogP contribution >= 0.6 is 0 Å². The van der Waals surface area contributed by atoms with Gasteiger partial charge in [-0.15, -0.1) is 0 Å². The molecule has 3 aromatic carbocycles. The lowest BCUT2D eigenvalue weighted by atomic mass is 9.99. The first-order chi connectivity index (χ1) is 21.3. The fourth-order valence-electron chi connectivity index (χ4n) is 4.52. The molecule has 5 atom stereocenters. The normalized spacial score (nSPS) is 21.6. The molecule has 2 heterocycles. The Morgan fingerprint density at radius 1 is 0.800 bits per heavy atom. The second kappa shape index (κ2) is 12.3. The van der Waals surface area contributed by atoms with E-state index in [9.17, 15) is 55.5 Å². The molecule has 0 aliphatic carbocycles. The largest absolute Gasteiger partial charge is 0.508 e. The number of aromatic hydroxyl groups is 6. The van der Waals surface area contributed by atoms with Crippen LogP contribution in [0.2, 0.25) is 0 Å². The maximum atomic E-state index is 13.6. The van der Waals surface area contributed by atoms with Crippen LogP contribution in [0.5, 0.6) is 40.2 Å². The fourth-order valence-corrected chi connectivity index (χ4v) is 4.52. The molecule has 0 radical (unpaired) electrons. The molecule has 1 aliphatic rings. The molecule has 1 fully saturated rings. The second-order valence-corrected chi connectivity index (χ2v) is 9.98. The number of phenols is 6. The molecule has 0 saturated carbocycles. The van der Waals surface area contributed by atoms with E-state index in [1.54, 1.807) is 0 Å². The van der Waals surface area contributed by atoms with E-state index in [2.05, 4.69) is 0 Å². The average Bonchev–Trinajstić information content (AvgIpc) is 2.99. The molecule has 0 unspecified atom stereocenters. The maximum Gasteiger partial charge on any atom is 0.330 e. The van der Waals surface area contributed by atoms with Gasteiger partial charge in [0.25, 0.3) is 0 Å². The van der Waals surface area contributed by atoms with E-state index in [0.717, 1.165) is 30.3 Å². The lowest BCUT2D eigenvalue weighted by molar-refractivity contribution is -0.278. The summed E-state index contributed by atoms with van der Waals surface area (Å²) >= 11 is 0. The number of phenolic OH excluding ortho intramolecular Hbond substituents is 6. The third kappa shape index (κ3) is 6.27. The van der Waals surface area contributed by atoms with Gasteiger partial charge in [0.05, 0.1) is 0 Å². The number of aliphatic hydroxyl groups is 3. The zero-order valence-electron chi connectivity index (χ0n) is 22.8. The number of carbonyl (C=O) groups is 1. The van der Waals surface area contributed by atoms with E-state index in [1.165, 1.54) is 30.3 Å². The molecule has 9 N–H and O–H groups in total. The van der Waals surface area contributed by atoms with Gasteiger partial charge in [-0.25, -0.2) is 4.79 Å². The van der Waals surface area contributed by atoms with Crippen molar-refractivity contribution in [2.75, 3.05) is 6.61 Å². The van der Waals surface area contributed by atoms with Crippen molar-refractivity contribution < 1.29 is 69.4 Å². The lowest BCUT2D eigenvalue weighted by Gasteiger charge is -2.39. The number of aliphatic hydroxyl groups excluding tert-OH is 3. The Labute approximate surface area is 251 Å². The van der Waals surface area contributed by atoms with Gasteiger partial charge in [-0.1, -0.05) is 6.07 Å². The van der Waals surface area contributed by atoms with Crippen molar-refractivity contribution >= 4 is 23.0 Å². The third-order valence-corrected chi connectivity index (χ3v) is 6.86. The summed E-state index contributed by atoms with van der Waals surface area (Å²) in [6, 6.07) is 9.02. The van der Waals surface area contributed by atoms with Gasteiger partial charge >= 0.3 is 5.97 Å². The van der Waals surface area contributed by atoms with Crippen LogP contribution in [-0.2, 0) is 14.3 Å². The Balaban J connectivity index is 1.43. The van der Waals surface area contributed by atoms with Crippen molar-refractivity contribution in [3.63, 3.8) is 0 Å². The van der Waals surface area contributed by atoms with Crippen LogP contribution in [-0.4, -0.2) is 89.2 Å². The number of fused-ring (bicyclic) bond motifs is 1. The molecule has 1 saturated heterocycles. The molecule has 1 aliphatic heterocycles. The molecule has 45 heavy (non-hydrogen) atoms.